The molecule has 1 unspecified atom stereocenters. The molecule has 1 amide bonds. The standard InChI is InChI=1S/C13H16N2O4S/c14-13(18)11-8-19-6-5-15(11)7-10-2-1-9(20-10)3-4-12(16)17/h1-4,11H,5-8H2,(H2,14,18)(H,16,17)/b4-3+. The smallest absolute Gasteiger partial charge is 0.328 e. The van der Waals surface area contributed by atoms with Crippen LogP contribution in [0.1, 0.15) is 9.75 Å². The van der Waals surface area contributed by atoms with Crippen LogP contribution in [0.15, 0.2) is 18.2 Å². The minimum absolute atomic E-state index is 0.326. The molecule has 0 saturated carbocycles. The van der Waals surface area contributed by atoms with Gasteiger partial charge in [-0.3, -0.25) is 9.69 Å². The Hall–Kier alpha value is -1.70. The van der Waals surface area contributed by atoms with E-state index >= 15 is 0 Å². The highest BCUT2D eigenvalue weighted by Crippen LogP contribution is 2.21. The number of carboxylic acid groups (broad SMARTS) is 1. The molecule has 2 rings (SSSR count). The van der Waals surface area contributed by atoms with Crippen molar-refractivity contribution >= 4 is 29.3 Å². The lowest BCUT2D eigenvalue weighted by molar-refractivity contribution is -0.131. The molecule has 1 saturated heterocycles. The highest BCUT2D eigenvalue weighted by atomic mass is 32.1. The third-order valence-corrected chi connectivity index (χ3v) is 4.03. The zero-order chi connectivity index (χ0) is 14.5. The lowest BCUT2D eigenvalue weighted by Gasteiger charge is -2.33. The van der Waals surface area contributed by atoms with E-state index in [2.05, 4.69) is 0 Å². The van der Waals surface area contributed by atoms with Crippen molar-refractivity contribution < 1.29 is 19.4 Å². The Balaban J connectivity index is 2.01. The van der Waals surface area contributed by atoms with Crippen molar-refractivity contribution in [1.29, 1.82) is 0 Å². The van der Waals surface area contributed by atoms with Gasteiger partial charge in [0.05, 0.1) is 13.2 Å². The number of carbonyl (C=O) groups is 2. The van der Waals surface area contributed by atoms with E-state index < -0.39 is 12.0 Å². The van der Waals surface area contributed by atoms with Gasteiger partial charge in [0.25, 0.3) is 0 Å². The maximum Gasteiger partial charge on any atom is 0.328 e. The molecule has 2 heterocycles. The van der Waals surface area contributed by atoms with Crippen molar-refractivity contribution in [3.05, 3.63) is 28.0 Å². The van der Waals surface area contributed by atoms with Gasteiger partial charge in [0.2, 0.25) is 5.91 Å². The second kappa shape index (κ2) is 6.65. The zero-order valence-corrected chi connectivity index (χ0v) is 11.6. The van der Waals surface area contributed by atoms with Crippen molar-refractivity contribution in [2.75, 3.05) is 19.8 Å². The number of thiophene rings is 1. The van der Waals surface area contributed by atoms with Gasteiger partial charge in [-0.25, -0.2) is 4.79 Å². The number of aliphatic carboxylic acids is 1. The molecule has 1 aromatic heterocycles. The van der Waals surface area contributed by atoms with Crippen LogP contribution < -0.4 is 5.73 Å². The van der Waals surface area contributed by atoms with Gasteiger partial charge in [-0.05, 0) is 18.2 Å². The first-order valence-corrected chi connectivity index (χ1v) is 6.99. The summed E-state index contributed by atoms with van der Waals surface area (Å²) in [6.07, 6.45) is 2.66. The zero-order valence-electron chi connectivity index (χ0n) is 10.8. The van der Waals surface area contributed by atoms with Crippen LogP contribution in [0.2, 0.25) is 0 Å². The van der Waals surface area contributed by atoms with Gasteiger partial charge >= 0.3 is 5.97 Å². The number of hydrogen-bond donors (Lipinski definition) is 2. The first kappa shape index (κ1) is 14.7. The second-order valence-corrected chi connectivity index (χ2v) is 5.64. The fourth-order valence-electron chi connectivity index (χ4n) is 2.01. The molecule has 108 valence electrons. The maximum atomic E-state index is 11.4. The molecule has 1 aliphatic heterocycles. The molecule has 0 spiro atoms. The number of hydrogen-bond acceptors (Lipinski definition) is 5. The third-order valence-electron chi connectivity index (χ3n) is 3.00. The van der Waals surface area contributed by atoms with Crippen LogP contribution in [0.5, 0.6) is 0 Å². The van der Waals surface area contributed by atoms with E-state index in [4.69, 9.17) is 15.6 Å². The van der Waals surface area contributed by atoms with Crippen molar-refractivity contribution in [3.8, 4) is 0 Å². The maximum absolute atomic E-state index is 11.4. The molecule has 0 bridgehead atoms. The predicted molar refractivity (Wildman–Crippen MR) is 75.2 cm³/mol. The van der Waals surface area contributed by atoms with Crippen LogP contribution >= 0.6 is 11.3 Å². The van der Waals surface area contributed by atoms with Crippen LogP contribution in [-0.4, -0.2) is 47.7 Å². The van der Waals surface area contributed by atoms with Crippen molar-refractivity contribution in [2.45, 2.75) is 12.6 Å². The van der Waals surface area contributed by atoms with Crippen molar-refractivity contribution in [2.24, 2.45) is 5.73 Å². The topological polar surface area (TPSA) is 92.9 Å². The highest BCUT2D eigenvalue weighted by Gasteiger charge is 2.27. The lowest BCUT2D eigenvalue weighted by atomic mass is 10.2. The summed E-state index contributed by atoms with van der Waals surface area (Å²) in [7, 11) is 0. The van der Waals surface area contributed by atoms with Crippen LogP contribution in [0.3, 0.4) is 0 Å². The lowest BCUT2D eigenvalue weighted by Crippen LogP contribution is -2.51. The van der Waals surface area contributed by atoms with Crippen LogP contribution in [0.25, 0.3) is 6.08 Å². The van der Waals surface area contributed by atoms with Gasteiger partial charge in [-0.15, -0.1) is 11.3 Å². The first-order chi connectivity index (χ1) is 9.56. The molecule has 0 aliphatic carbocycles. The van der Waals surface area contributed by atoms with E-state index in [9.17, 15) is 9.59 Å². The summed E-state index contributed by atoms with van der Waals surface area (Å²) >= 11 is 1.50. The summed E-state index contributed by atoms with van der Waals surface area (Å²) in [5, 5.41) is 8.58. The quantitative estimate of drug-likeness (QED) is 0.773. The van der Waals surface area contributed by atoms with Crippen LogP contribution in [0.4, 0.5) is 0 Å². The second-order valence-electron chi connectivity index (χ2n) is 4.44. The molecule has 7 heteroatoms. The highest BCUT2D eigenvalue weighted by molar-refractivity contribution is 7.12. The monoisotopic (exact) mass is 296 g/mol. The molecule has 3 N–H and O–H groups in total. The molecule has 1 aliphatic rings. The van der Waals surface area contributed by atoms with Gasteiger partial charge < -0.3 is 15.6 Å². The van der Waals surface area contributed by atoms with Crippen LogP contribution in [-0.2, 0) is 20.9 Å². The number of carbonyl (C=O) groups excluding carboxylic acids is 1. The molecule has 0 aromatic carbocycles. The summed E-state index contributed by atoms with van der Waals surface area (Å²) in [6.45, 7) is 2.18. The number of carboxylic acids is 1. The number of morpholine rings is 1. The number of primary amides is 1. The Morgan fingerprint density at radius 1 is 1.55 bits per heavy atom. The van der Waals surface area contributed by atoms with Gasteiger partial charge in [-0.2, -0.15) is 0 Å². The molecule has 1 atom stereocenters. The molecule has 6 nitrogen and oxygen atoms in total. The van der Waals surface area contributed by atoms with Crippen LogP contribution in [0, 0.1) is 0 Å². The van der Waals surface area contributed by atoms with E-state index in [1.807, 2.05) is 17.0 Å². The summed E-state index contributed by atoms with van der Waals surface area (Å²) in [5.74, 6) is -1.35. The largest absolute Gasteiger partial charge is 0.478 e. The van der Waals surface area contributed by atoms with E-state index in [1.165, 1.54) is 11.3 Å². The van der Waals surface area contributed by atoms with Gasteiger partial charge in [0.15, 0.2) is 0 Å². The average molecular weight is 296 g/mol. The number of amides is 1. The summed E-state index contributed by atoms with van der Waals surface area (Å²) in [6, 6.07) is 3.39. The third kappa shape index (κ3) is 3.89. The summed E-state index contributed by atoms with van der Waals surface area (Å²) in [5.41, 5.74) is 5.36. The average Bonchev–Trinajstić information content (AvgIpc) is 2.84. The molecule has 20 heavy (non-hydrogen) atoms. The fraction of sp³-hybridized carbons (Fsp3) is 0.385. The van der Waals surface area contributed by atoms with E-state index in [1.54, 1.807) is 6.08 Å². The van der Waals surface area contributed by atoms with Gasteiger partial charge in [-0.1, -0.05) is 0 Å². The molecule has 1 aromatic rings. The van der Waals surface area contributed by atoms with E-state index in [0.717, 1.165) is 15.8 Å². The number of rotatable bonds is 5. The Kier molecular flexibility index (Phi) is 4.89. The minimum atomic E-state index is -0.970. The number of ether oxygens (including phenoxy) is 1. The Morgan fingerprint density at radius 3 is 3.05 bits per heavy atom. The van der Waals surface area contributed by atoms with Crippen molar-refractivity contribution in [3.63, 3.8) is 0 Å². The SMILES string of the molecule is NC(=O)C1COCCN1Cc1ccc(/C=C/C(=O)O)s1. The molecular weight excluding hydrogens is 280 g/mol. The van der Waals surface area contributed by atoms with Crippen molar-refractivity contribution in [1.82, 2.24) is 4.90 Å². The number of nitrogens with two attached hydrogens (primary N) is 1. The Bertz CT molecular complexity index is 526. The molecule has 1 fully saturated rings. The number of nitrogens with zero attached hydrogens (tertiary/aromatic N) is 1. The summed E-state index contributed by atoms with van der Waals surface area (Å²) in [4.78, 5) is 25.7. The van der Waals surface area contributed by atoms with Gasteiger partial charge in [0.1, 0.15) is 6.04 Å². The Labute approximate surface area is 120 Å². The Morgan fingerprint density at radius 2 is 2.35 bits per heavy atom. The predicted octanol–water partition coefficient (Wildman–Crippen LogP) is 0.532. The molecular formula is C13H16N2O4S. The minimum Gasteiger partial charge on any atom is -0.478 e. The first-order valence-electron chi connectivity index (χ1n) is 6.17. The fourth-order valence-corrected chi connectivity index (χ4v) is 2.95. The van der Waals surface area contributed by atoms with E-state index in [0.29, 0.717) is 26.3 Å². The van der Waals surface area contributed by atoms with E-state index in [-0.39, 0.29) is 5.91 Å². The van der Waals surface area contributed by atoms with Gasteiger partial charge in [0, 0.05) is 28.9 Å². The normalized spacial score (nSPS) is 20.3. The summed E-state index contributed by atoms with van der Waals surface area (Å²) < 4.78 is 5.27. The molecule has 0 radical (unpaired) electrons.